The monoisotopic (exact) mass is 387 g/mol. The van der Waals surface area contributed by atoms with E-state index in [4.69, 9.17) is 0 Å². The molecule has 21 heavy (non-hydrogen) atoms. The Morgan fingerprint density at radius 2 is 1.90 bits per heavy atom. The molecule has 0 radical (unpaired) electrons. The molecular weight excluding hydrogens is 370 g/mol. The predicted octanol–water partition coefficient (Wildman–Crippen LogP) is 5.13. The van der Waals surface area contributed by atoms with E-state index in [1.807, 2.05) is 24.3 Å². The van der Waals surface area contributed by atoms with Crippen molar-refractivity contribution in [3.8, 4) is 0 Å². The highest BCUT2D eigenvalue weighted by Gasteiger charge is 2.19. The molecule has 1 N–H and O–H groups in total. The fourth-order valence-electron chi connectivity index (χ4n) is 2.02. The molecule has 0 amide bonds. The van der Waals surface area contributed by atoms with Crippen LogP contribution in [0, 0.1) is 6.92 Å². The number of benzene rings is 1. The molecule has 0 bridgehead atoms. The van der Waals surface area contributed by atoms with Gasteiger partial charge in [0.25, 0.3) is 10.0 Å². The molecule has 114 valence electrons. The molecule has 0 spiro atoms. The summed E-state index contributed by atoms with van der Waals surface area (Å²) in [7, 11) is -3.53. The molecule has 6 heteroatoms. The van der Waals surface area contributed by atoms with Crippen LogP contribution >= 0.6 is 27.3 Å². The van der Waals surface area contributed by atoms with Crippen LogP contribution in [0.2, 0.25) is 0 Å². The van der Waals surface area contributed by atoms with Gasteiger partial charge in [0, 0.05) is 10.6 Å². The number of anilines is 1. The Morgan fingerprint density at radius 3 is 2.38 bits per heavy atom. The number of halogens is 1. The van der Waals surface area contributed by atoms with Crippen LogP contribution in [0.25, 0.3) is 0 Å². The number of thiophene rings is 1. The van der Waals surface area contributed by atoms with Crippen LogP contribution in [0.1, 0.15) is 36.6 Å². The zero-order valence-electron chi connectivity index (χ0n) is 12.2. The van der Waals surface area contributed by atoms with Crippen LogP contribution in [0.15, 0.2) is 39.0 Å². The summed E-state index contributed by atoms with van der Waals surface area (Å²) in [5.74, 6) is 0.478. The molecule has 2 rings (SSSR count). The van der Waals surface area contributed by atoms with Gasteiger partial charge in [0.1, 0.15) is 4.90 Å². The molecule has 0 saturated heterocycles. The van der Waals surface area contributed by atoms with E-state index in [9.17, 15) is 8.42 Å². The van der Waals surface area contributed by atoms with Gasteiger partial charge in [-0.05, 0) is 59.0 Å². The zero-order valence-corrected chi connectivity index (χ0v) is 15.4. The average molecular weight is 388 g/mol. The molecule has 1 aromatic heterocycles. The van der Waals surface area contributed by atoms with E-state index in [-0.39, 0.29) is 0 Å². The van der Waals surface area contributed by atoms with Crippen LogP contribution in [-0.2, 0) is 10.0 Å². The number of sulfonamides is 1. The molecular formula is C15H18BrNO2S2. The minimum atomic E-state index is -3.53. The summed E-state index contributed by atoms with van der Waals surface area (Å²) in [5.41, 5.74) is 1.80. The van der Waals surface area contributed by atoms with Gasteiger partial charge in [-0.1, -0.05) is 26.0 Å². The first kappa shape index (κ1) is 16.5. The van der Waals surface area contributed by atoms with E-state index in [1.54, 1.807) is 13.0 Å². The molecule has 3 nitrogen and oxygen atoms in total. The lowest BCUT2D eigenvalue weighted by Gasteiger charge is -2.11. The summed E-state index contributed by atoms with van der Waals surface area (Å²) < 4.78 is 28.2. The van der Waals surface area contributed by atoms with E-state index in [0.29, 0.717) is 16.5 Å². The molecule has 0 fully saturated rings. The van der Waals surface area contributed by atoms with Crippen LogP contribution in [0.5, 0.6) is 0 Å². The maximum absolute atomic E-state index is 12.4. The fourth-order valence-corrected chi connectivity index (χ4v) is 5.50. The zero-order chi connectivity index (χ0) is 15.6. The van der Waals surface area contributed by atoms with Gasteiger partial charge in [-0.2, -0.15) is 0 Å². The van der Waals surface area contributed by atoms with Crippen molar-refractivity contribution in [2.45, 2.75) is 38.0 Å². The summed E-state index contributed by atoms with van der Waals surface area (Å²) in [6, 6.07) is 9.21. The molecule has 1 unspecified atom stereocenters. The Labute approximate surface area is 138 Å². The largest absolute Gasteiger partial charge is 0.280 e. The number of nitrogens with one attached hydrogen (secondary N) is 1. The summed E-state index contributed by atoms with van der Waals surface area (Å²) in [5, 5.41) is 0. The fraction of sp³-hybridized carbons (Fsp3) is 0.333. The molecule has 0 aliphatic heterocycles. The van der Waals surface area contributed by atoms with Crippen molar-refractivity contribution in [3.05, 3.63) is 44.6 Å². The number of rotatable bonds is 5. The van der Waals surface area contributed by atoms with E-state index >= 15 is 0 Å². The Bertz CT molecular complexity index is 721. The molecule has 2 aromatic rings. The lowest BCUT2D eigenvalue weighted by atomic mass is 9.99. The smallest absolute Gasteiger partial charge is 0.263 e. The highest BCUT2D eigenvalue weighted by atomic mass is 79.9. The first-order valence-electron chi connectivity index (χ1n) is 6.72. The van der Waals surface area contributed by atoms with Gasteiger partial charge in [-0.3, -0.25) is 4.72 Å². The summed E-state index contributed by atoms with van der Waals surface area (Å²) in [6.07, 6.45) is 1.06. The second kappa shape index (κ2) is 6.50. The van der Waals surface area contributed by atoms with Crippen molar-refractivity contribution >= 4 is 43.0 Å². The Balaban J connectivity index is 2.23. The molecule has 1 aromatic carbocycles. The van der Waals surface area contributed by atoms with Crippen molar-refractivity contribution in [2.75, 3.05) is 4.72 Å². The Morgan fingerprint density at radius 1 is 1.29 bits per heavy atom. The number of hydrogen-bond acceptors (Lipinski definition) is 3. The third-order valence-corrected chi connectivity index (χ3v) is 6.67. The van der Waals surface area contributed by atoms with E-state index in [0.717, 1.165) is 15.1 Å². The quantitative estimate of drug-likeness (QED) is 0.772. The van der Waals surface area contributed by atoms with Crippen LogP contribution in [0.3, 0.4) is 0 Å². The molecule has 0 aliphatic rings. The number of aryl methyl sites for hydroxylation is 1. The first-order valence-corrected chi connectivity index (χ1v) is 9.81. The van der Waals surface area contributed by atoms with Gasteiger partial charge in [0.2, 0.25) is 0 Å². The maximum atomic E-state index is 12.4. The average Bonchev–Trinajstić information content (AvgIpc) is 2.78. The highest BCUT2D eigenvalue weighted by Crippen LogP contribution is 2.31. The van der Waals surface area contributed by atoms with Gasteiger partial charge in [0.05, 0.1) is 3.79 Å². The minimum absolute atomic E-state index is 0.324. The summed E-state index contributed by atoms with van der Waals surface area (Å²) >= 11 is 4.73. The summed E-state index contributed by atoms with van der Waals surface area (Å²) in [4.78, 5) is 1.09. The Kier molecular flexibility index (Phi) is 5.11. The lowest BCUT2D eigenvalue weighted by molar-refractivity contribution is 0.601. The van der Waals surface area contributed by atoms with Crippen LogP contribution < -0.4 is 4.72 Å². The van der Waals surface area contributed by atoms with Gasteiger partial charge in [0.15, 0.2) is 0 Å². The second-order valence-corrected chi connectivity index (χ2v) is 9.29. The minimum Gasteiger partial charge on any atom is -0.280 e. The van der Waals surface area contributed by atoms with Gasteiger partial charge in [-0.25, -0.2) is 8.42 Å². The molecule has 0 aliphatic carbocycles. The van der Waals surface area contributed by atoms with E-state index in [2.05, 4.69) is 34.5 Å². The maximum Gasteiger partial charge on any atom is 0.263 e. The standard InChI is InChI=1S/C15H18BrNO2S2/c1-4-10(2)12-5-7-13(8-6-12)17-21(18,19)14-9-15(16)20-11(14)3/h5-10,17H,4H2,1-3H3. The molecule has 1 heterocycles. The first-order chi connectivity index (χ1) is 9.83. The van der Waals surface area contributed by atoms with Gasteiger partial charge >= 0.3 is 0 Å². The van der Waals surface area contributed by atoms with Crippen LogP contribution in [-0.4, -0.2) is 8.42 Å². The third-order valence-electron chi connectivity index (χ3n) is 3.48. The van der Waals surface area contributed by atoms with Crippen LogP contribution in [0.4, 0.5) is 5.69 Å². The topological polar surface area (TPSA) is 46.2 Å². The van der Waals surface area contributed by atoms with E-state index in [1.165, 1.54) is 16.9 Å². The second-order valence-electron chi connectivity index (χ2n) is 5.01. The van der Waals surface area contributed by atoms with Crippen molar-refractivity contribution < 1.29 is 8.42 Å². The van der Waals surface area contributed by atoms with Crippen molar-refractivity contribution in [3.63, 3.8) is 0 Å². The van der Waals surface area contributed by atoms with Gasteiger partial charge < -0.3 is 0 Å². The molecule has 1 atom stereocenters. The summed E-state index contributed by atoms with van der Waals surface area (Å²) in [6.45, 7) is 6.10. The van der Waals surface area contributed by atoms with Gasteiger partial charge in [-0.15, -0.1) is 11.3 Å². The number of hydrogen-bond donors (Lipinski definition) is 1. The van der Waals surface area contributed by atoms with Crippen molar-refractivity contribution in [1.29, 1.82) is 0 Å². The SMILES string of the molecule is CCC(C)c1ccc(NS(=O)(=O)c2cc(Br)sc2C)cc1. The predicted molar refractivity (Wildman–Crippen MR) is 92.7 cm³/mol. The van der Waals surface area contributed by atoms with E-state index < -0.39 is 10.0 Å². The van der Waals surface area contributed by atoms with Crippen molar-refractivity contribution in [2.24, 2.45) is 0 Å². The Hall–Kier alpha value is -0.850. The third kappa shape index (κ3) is 3.87. The van der Waals surface area contributed by atoms with Crippen molar-refractivity contribution in [1.82, 2.24) is 0 Å². The normalized spacial score (nSPS) is 13.1. The lowest BCUT2D eigenvalue weighted by Crippen LogP contribution is -2.13. The molecule has 0 saturated carbocycles. The highest BCUT2D eigenvalue weighted by molar-refractivity contribution is 9.11.